The topological polar surface area (TPSA) is 30.5 Å². The van der Waals surface area contributed by atoms with Crippen LogP contribution in [0.1, 0.15) is 12.0 Å². The maximum absolute atomic E-state index is 5.70. The van der Waals surface area contributed by atoms with E-state index in [9.17, 15) is 0 Å². The molecule has 1 fully saturated rings. The maximum Gasteiger partial charge on any atom is 0.118 e. The Balaban J connectivity index is 1.71. The summed E-state index contributed by atoms with van der Waals surface area (Å²) in [4.78, 5) is 0. The van der Waals surface area contributed by atoms with E-state index in [1.54, 1.807) is 7.11 Å². The molecule has 1 aliphatic rings. The fourth-order valence-corrected chi connectivity index (χ4v) is 1.92. The van der Waals surface area contributed by atoms with E-state index in [0.717, 1.165) is 25.4 Å². The molecule has 0 aromatic heterocycles. The minimum atomic E-state index is 0.693. The van der Waals surface area contributed by atoms with Crippen LogP contribution in [0.2, 0.25) is 0 Å². The van der Waals surface area contributed by atoms with Crippen LogP contribution in [-0.2, 0) is 11.3 Å². The molecule has 1 heterocycles. The molecule has 1 atom stereocenters. The average Bonchev–Trinajstić information content (AvgIpc) is 2.83. The highest BCUT2D eigenvalue weighted by Gasteiger charge is 2.13. The van der Waals surface area contributed by atoms with E-state index in [1.165, 1.54) is 12.0 Å². The van der Waals surface area contributed by atoms with Crippen LogP contribution in [0.15, 0.2) is 24.3 Å². The Labute approximate surface area is 96.8 Å². The monoisotopic (exact) mass is 221 g/mol. The second-order valence-electron chi connectivity index (χ2n) is 4.22. The SMILES string of the molecule is COc1ccc(COC[C@@H]2CCNC2)cc1. The van der Waals surface area contributed by atoms with Crippen LogP contribution in [0.25, 0.3) is 0 Å². The zero-order chi connectivity index (χ0) is 11.2. The molecule has 1 aromatic rings. The van der Waals surface area contributed by atoms with Gasteiger partial charge in [0.05, 0.1) is 20.3 Å². The van der Waals surface area contributed by atoms with Crippen LogP contribution in [0.4, 0.5) is 0 Å². The Morgan fingerprint density at radius 2 is 2.12 bits per heavy atom. The Bertz CT molecular complexity index is 304. The van der Waals surface area contributed by atoms with E-state index in [0.29, 0.717) is 12.5 Å². The zero-order valence-electron chi connectivity index (χ0n) is 9.74. The highest BCUT2D eigenvalue weighted by atomic mass is 16.5. The largest absolute Gasteiger partial charge is 0.497 e. The molecule has 0 unspecified atom stereocenters. The molecule has 0 spiro atoms. The van der Waals surface area contributed by atoms with Crippen molar-refractivity contribution in [1.29, 1.82) is 0 Å². The van der Waals surface area contributed by atoms with E-state index in [4.69, 9.17) is 9.47 Å². The molecule has 2 rings (SSSR count). The molecule has 0 saturated carbocycles. The van der Waals surface area contributed by atoms with Gasteiger partial charge in [-0.05, 0) is 36.6 Å². The van der Waals surface area contributed by atoms with Gasteiger partial charge in [-0.3, -0.25) is 0 Å². The summed E-state index contributed by atoms with van der Waals surface area (Å²) in [6.45, 7) is 3.79. The smallest absolute Gasteiger partial charge is 0.118 e. The summed E-state index contributed by atoms with van der Waals surface area (Å²) in [5.74, 6) is 1.59. The molecule has 0 aliphatic carbocycles. The van der Waals surface area contributed by atoms with Gasteiger partial charge in [0.1, 0.15) is 5.75 Å². The van der Waals surface area contributed by atoms with Crippen LogP contribution in [-0.4, -0.2) is 26.8 Å². The van der Waals surface area contributed by atoms with Crippen molar-refractivity contribution in [3.05, 3.63) is 29.8 Å². The summed E-state index contributed by atoms with van der Waals surface area (Å²) in [6, 6.07) is 8.03. The normalized spacial score (nSPS) is 19.9. The lowest BCUT2D eigenvalue weighted by Crippen LogP contribution is -2.13. The van der Waals surface area contributed by atoms with E-state index < -0.39 is 0 Å². The fourth-order valence-electron chi connectivity index (χ4n) is 1.92. The summed E-state index contributed by atoms with van der Waals surface area (Å²) in [7, 11) is 1.68. The minimum Gasteiger partial charge on any atom is -0.497 e. The predicted octanol–water partition coefficient (Wildman–Crippen LogP) is 1.82. The number of rotatable bonds is 5. The van der Waals surface area contributed by atoms with Crippen molar-refractivity contribution in [2.75, 3.05) is 26.8 Å². The van der Waals surface area contributed by atoms with Crippen LogP contribution >= 0.6 is 0 Å². The van der Waals surface area contributed by atoms with E-state index in [1.807, 2.05) is 24.3 Å². The third kappa shape index (κ3) is 3.22. The molecule has 3 heteroatoms. The molecule has 1 aliphatic heterocycles. The zero-order valence-corrected chi connectivity index (χ0v) is 9.74. The molecule has 88 valence electrons. The Kier molecular flexibility index (Phi) is 4.19. The van der Waals surface area contributed by atoms with Gasteiger partial charge in [-0.2, -0.15) is 0 Å². The molecule has 1 aromatic carbocycles. The summed E-state index contributed by atoms with van der Waals surface area (Å²) in [5, 5.41) is 3.34. The quantitative estimate of drug-likeness (QED) is 0.822. The van der Waals surface area contributed by atoms with Crippen LogP contribution < -0.4 is 10.1 Å². The van der Waals surface area contributed by atoms with Crippen molar-refractivity contribution in [3.8, 4) is 5.75 Å². The first-order chi connectivity index (χ1) is 7.88. The number of ether oxygens (including phenoxy) is 2. The molecule has 0 bridgehead atoms. The first-order valence-electron chi connectivity index (χ1n) is 5.80. The van der Waals surface area contributed by atoms with Gasteiger partial charge < -0.3 is 14.8 Å². The van der Waals surface area contributed by atoms with Gasteiger partial charge in [-0.1, -0.05) is 12.1 Å². The summed E-state index contributed by atoms with van der Waals surface area (Å²) in [5.41, 5.74) is 1.20. The molecule has 1 N–H and O–H groups in total. The van der Waals surface area contributed by atoms with Crippen molar-refractivity contribution in [1.82, 2.24) is 5.32 Å². The lowest BCUT2D eigenvalue weighted by atomic mass is 10.1. The van der Waals surface area contributed by atoms with Crippen molar-refractivity contribution < 1.29 is 9.47 Å². The Morgan fingerprint density at radius 3 is 2.75 bits per heavy atom. The lowest BCUT2D eigenvalue weighted by Gasteiger charge is -2.09. The van der Waals surface area contributed by atoms with Gasteiger partial charge in [0.25, 0.3) is 0 Å². The van der Waals surface area contributed by atoms with Crippen LogP contribution in [0, 0.1) is 5.92 Å². The summed E-state index contributed by atoms with van der Waals surface area (Å²) >= 11 is 0. The highest BCUT2D eigenvalue weighted by Crippen LogP contribution is 2.13. The standard InChI is InChI=1S/C13H19NO2/c1-15-13-4-2-11(3-5-13)9-16-10-12-6-7-14-8-12/h2-5,12,14H,6-10H2,1H3/t12-/m1/s1. The number of hydrogen-bond donors (Lipinski definition) is 1. The highest BCUT2D eigenvalue weighted by molar-refractivity contribution is 5.26. The molecule has 0 radical (unpaired) electrons. The number of nitrogens with one attached hydrogen (secondary N) is 1. The summed E-state index contributed by atoms with van der Waals surface area (Å²) < 4.78 is 10.8. The number of methoxy groups -OCH3 is 1. The Morgan fingerprint density at radius 1 is 1.31 bits per heavy atom. The first kappa shape index (κ1) is 11.4. The average molecular weight is 221 g/mol. The molecular weight excluding hydrogens is 202 g/mol. The van der Waals surface area contributed by atoms with Gasteiger partial charge >= 0.3 is 0 Å². The van der Waals surface area contributed by atoms with E-state index >= 15 is 0 Å². The predicted molar refractivity (Wildman–Crippen MR) is 63.6 cm³/mol. The molecule has 0 amide bonds. The van der Waals surface area contributed by atoms with Crippen LogP contribution in [0.3, 0.4) is 0 Å². The number of hydrogen-bond acceptors (Lipinski definition) is 3. The van der Waals surface area contributed by atoms with Crippen molar-refractivity contribution in [2.45, 2.75) is 13.0 Å². The second kappa shape index (κ2) is 5.87. The maximum atomic E-state index is 5.70. The fraction of sp³-hybridized carbons (Fsp3) is 0.538. The van der Waals surface area contributed by atoms with Gasteiger partial charge in [-0.25, -0.2) is 0 Å². The van der Waals surface area contributed by atoms with Crippen LogP contribution in [0.5, 0.6) is 5.75 Å². The third-order valence-electron chi connectivity index (χ3n) is 2.94. The first-order valence-corrected chi connectivity index (χ1v) is 5.80. The molecule has 3 nitrogen and oxygen atoms in total. The van der Waals surface area contributed by atoms with Gasteiger partial charge in [0, 0.05) is 6.54 Å². The van der Waals surface area contributed by atoms with Gasteiger partial charge in [-0.15, -0.1) is 0 Å². The third-order valence-corrected chi connectivity index (χ3v) is 2.94. The van der Waals surface area contributed by atoms with E-state index in [2.05, 4.69) is 5.32 Å². The summed E-state index contributed by atoms with van der Waals surface area (Å²) in [6.07, 6.45) is 1.24. The van der Waals surface area contributed by atoms with Crippen molar-refractivity contribution in [2.24, 2.45) is 5.92 Å². The van der Waals surface area contributed by atoms with Crippen molar-refractivity contribution in [3.63, 3.8) is 0 Å². The molecule has 1 saturated heterocycles. The van der Waals surface area contributed by atoms with E-state index in [-0.39, 0.29) is 0 Å². The van der Waals surface area contributed by atoms with Gasteiger partial charge in [0.15, 0.2) is 0 Å². The number of benzene rings is 1. The minimum absolute atomic E-state index is 0.693. The molecular formula is C13H19NO2. The Hall–Kier alpha value is -1.06. The molecule has 16 heavy (non-hydrogen) atoms. The second-order valence-corrected chi connectivity index (χ2v) is 4.22. The lowest BCUT2D eigenvalue weighted by molar-refractivity contribution is 0.0924. The van der Waals surface area contributed by atoms with Gasteiger partial charge in [0.2, 0.25) is 0 Å². The van der Waals surface area contributed by atoms with Crippen molar-refractivity contribution >= 4 is 0 Å².